The number of carbonyl (C=O) groups excluding carboxylic acids is 1. The molecule has 0 saturated heterocycles. The number of halogens is 1. The molecule has 0 fully saturated rings. The molecule has 4 nitrogen and oxygen atoms in total. The first-order chi connectivity index (χ1) is 10.0. The van der Waals surface area contributed by atoms with E-state index >= 15 is 0 Å². The first kappa shape index (κ1) is 17.1. The van der Waals surface area contributed by atoms with Gasteiger partial charge in [-0.15, -0.1) is 0 Å². The van der Waals surface area contributed by atoms with Crippen LogP contribution in [0.4, 0.5) is 4.39 Å². The summed E-state index contributed by atoms with van der Waals surface area (Å²) in [6.45, 7) is 2.48. The smallest absolute Gasteiger partial charge is 0.303 e. The molecule has 1 unspecified atom stereocenters. The maximum Gasteiger partial charge on any atom is 0.303 e. The molecule has 1 atom stereocenters. The largest absolute Gasteiger partial charge is 0.481 e. The second-order valence-electron chi connectivity index (χ2n) is 5.11. The molecule has 1 rings (SSSR count). The van der Waals surface area contributed by atoms with E-state index in [0.29, 0.717) is 19.4 Å². The minimum Gasteiger partial charge on any atom is -0.481 e. The minimum absolute atomic E-state index is 0.0371. The number of rotatable bonds is 9. The van der Waals surface area contributed by atoms with Crippen molar-refractivity contribution < 1.29 is 19.1 Å². The van der Waals surface area contributed by atoms with Crippen molar-refractivity contribution in [2.45, 2.75) is 39.0 Å². The van der Waals surface area contributed by atoms with Crippen molar-refractivity contribution in [3.63, 3.8) is 0 Å². The van der Waals surface area contributed by atoms with Crippen LogP contribution in [-0.2, 0) is 4.79 Å². The van der Waals surface area contributed by atoms with Gasteiger partial charge < -0.3 is 10.4 Å². The summed E-state index contributed by atoms with van der Waals surface area (Å²) in [6.07, 6.45) is 3.38. The number of aliphatic carboxylic acids is 1. The molecule has 0 aliphatic heterocycles. The molecule has 1 aromatic rings. The van der Waals surface area contributed by atoms with E-state index in [1.807, 2.05) is 6.92 Å². The van der Waals surface area contributed by atoms with Gasteiger partial charge in [-0.25, -0.2) is 4.39 Å². The lowest BCUT2D eigenvalue weighted by molar-refractivity contribution is -0.137. The zero-order valence-corrected chi connectivity index (χ0v) is 12.3. The molecule has 0 saturated carbocycles. The monoisotopic (exact) mass is 295 g/mol. The minimum atomic E-state index is -0.800. The Hall–Kier alpha value is -1.91. The molecule has 0 spiro atoms. The van der Waals surface area contributed by atoms with Crippen LogP contribution in [0.5, 0.6) is 0 Å². The molecule has 21 heavy (non-hydrogen) atoms. The van der Waals surface area contributed by atoms with E-state index in [4.69, 9.17) is 5.11 Å². The standard InChI is InChI=1S/C16H22FNO3/c1-2-5-12(8-9-15(19)20)10-11-18-16(21)13-6-3-4-7-14(13)17/h3-4,6-7,12H,2,5,8-11H2,1H3,(H,18,21)(H,19,20). The third-order valence-corrected chi connectivity index (χ3v) is 3.42. The topological polar surface area (TPSA) is 66.4 Å². The number of hydrogen-bond donors (Lipinski definition) is 2. The summed E-state index contributed by atoms with van der Waals surface area (Å²) in [5.41, 5.74) is 0.0371. The van der Waals surface area contributed by atoms with Crippen LogP contribution in [0.1, 0.15) is 49.4 Å². The van der Waals surface area contributed by atoms with Gasteiger partial charge in [-0.05, 0) is 30.9 Å². The van der Waals surface area contributed by atoms with E-state index in [-0.39, 0.29) is 17.9 Å². The average Bonchev–Trinajstić information content (AvgIpc) is 2.45. The van der Waals surface area contributed by atoms with Crippen LogP contribution in [-0.4, -0.2) is 23.5 Å². The van der Waals surface area contributed by atoms with Crippen LogP contribution < -0.4 is 5.32 Å². The van der Waals surface area contributed by atoms with Crippen LogP contribution >= 0.6 is 0 Å². The lowest BCUT2D eigenvalue weighted by atomic mass is 9.94. The van der Waals surface area contributed by atoms with E-state index in [2.05, 4.69) is 5.32 Å². The Labute approximate surface area is 124 Å². The maximum atomic E-state index is 13.4. The fraction of sp³-hybridized carbons (Fsp3) is 0.500. The molecular weight excluding hydrogens is 273 g/mol. The van der Waals surface area contributed by atoms with Crippen LogP contribution in [0, 0.1) is 11.7 Å². The summed E-state index contributed by atoms with van der Waals surface area (Å²) in [7, 11) is 0. The predicted octanol–water partition coefficient (Wildman–Crippen LogP) is 3.23. The molecule has 0 heterocycles. The summed E-state index contributed by atoms with van der Waals surface area (Å²) >= 11 is 0. The lowest BCUT2D eigenvalue weighted by Crippen LogP contribution is -2.27. The fourth-order valence-electron chi connectivity index (χ4n) is 2.30. The molecule has 0 aliphatic carbocycles. The fourth-order valence-corrected chi connectivity index (χ4v) is 2.30. The van der Waals surface area contributed by atoms with Gasteiger partial charge in [0, 0.05) is 13.0 Å². The Morgan fingerprint density at radius 3 is 2.57 bits per heavy atom. The molecule has 2 N–H and O–H groups in total. The summed E-state index contributed by atoms with van der Waals surface area (Å²) < 4.78 is 13.4. The summed E-state index contributed by atoms with van der Waals surface area (Å²) in [5.74, 6) is -1.49. The van der Waals surface area contributed by atoms with Gasteiger partial charge in [-0.2, -0.15) is 0 Å². The third kappa shape index (κ3) is 6.38. The number of hydrogen-bond acceptors (Lipinski definition) is 2. The van der Waals surface area contributed by atoms with Gasteiger partial charge in [0.2, 0.25) is 0 Å². The highest BCUT2D eigenvalue weighted by Crippen LogP contribution is 2.17. The first-order valence-corrected chi connectivity index (χ1v) is 7.29. The summed E-state index contributed by atoms with van der Waals surface area (Å²) in [4.78, 5) is 22.4. The normalized spacial score (nSPS) is 11.9. The van der Waals surface area contributed by atoms with Crippen molar-refractivity contribution in [2.75, 3.05) is 6.54 Å². The van der Waals surface area contributed by atoms with Gasteiger partial charge >= 0.3 is 5.97 Å². The predicted molar refractivity (Wildman–Crippen MR) is 78.6 cm³/mol. The van der Waals surface area contributed by atoms with E-state index in [1.165, 1.54) is 18.2 Å². The molecule has 0 aromatic heterocycles. The van der Waals surface area contributed by atoms with Crippen LogP contribution in [0.25, 0.3) is 0 Å². The Kier molecular flexibility index (Phi) is 7.43. The van der Waals surface area contributed by atoms with Crippen molar-refractivity contribution in [3.05, 3.63) is 35.6 Å². The number of carbonyl (C=O) groups is 2. The number of carboxylic acids is 1. The van der Waals surface area contributed by atoms with Crippen LogP contribution in [0.3, 0.4) is 0 Å². The van der Waals surface area contributed by atoms with Gasteiger partial charge in [0.15, 0.2) is 0 Å². The van der Waals surface area contributed by atoms with E-state index < -0.39 is 17.7 Å². The number of nitrogens with one attached hydrogen (secondary N) is 1. The molecule has 0 radical (unpaired) electrons. The lowest BCUT2D eigenvalue weighted by Gasteiger charge is -2.15. The number of benzene rings is 1. The molecule has 1 amide bonds. The Balaban J connectivity index is 2.41. The highest BCUT2D eigenvalue weighted by atomic mass is 19.1. The highest BCUT2D eigenvalue weighted by Gasteiger charge is 2.13. The average molecular weight is 295 g/mol. The van der Waals surface area contributed by atoms with E-state index in [9.17, 15) is 14.0 Å². The van der Waals surface area contributed by atoms with Crippen molar-refractivity contribution in [1.82, 2.24) is 5.32 Å². The molecule has 116 valence electrons. The molecule has 1 aromatic carbocycles. The quantitative estimate of drug-likeness (QED) is 0.735. The van der Waals surface area contributed by atoms with Crippen molar-refractivity contribution in [2.24, 2.45) is 5.92 Å². The van der Waals surface area contributed by atoms with Crippen LogP contribution in [0.2, 0.25) is 0 Å². The Bertz CT molecular complexity index is 476. The van der Waals surface area contributed by atoms with Gasteiger partial charge in [-0.3, -0.25) is 9.59 Å². The van der Waals surface area contributed by atoms with Crippen molar-refractivity contribution >= 4 is 11.9 Å². The summed E-state index contributed by atoms with van der Waals surface area (Å²) in [5, 5.41) is 11.4. The Morgan fingerprint density at radius 2 is 1.95 bits per heavy atom. The van der Waals surface area contributed by atoms with Crippen LogP contribution in [0.15, 0.2) is 24.3 Å². The second kappa shape index (κ2) is 9.10. The number of amides is 1. The zero-order valence-electron chi connectivity index (χ0n) is 12.3. The molecule has 0 aliphatic rings. The van der Waals surface area contributed by atoms with Gasteiger partial charge in [0.1, 0.15) is 5.82 Å². The van der Waals surface area contributed by atoms with Gasteiger partial charge in [0.05, 0.1) is 5.56 Å². The zero-order chi connectivity index (χ0) is 15.7. The van der Waals surface area contributed by atoms with Gasteiger partial charge in [0.25, 0.3) is 5.91 Å². The van der Waals surface area contributed by atoms with E-state index in [1.54, 1.807) is 6.07 Å². The molecular formula is C16H22FNO3. The maximum absolute atomic E-state index is 13.4. The third-order valence-electron chi connectivity index (χ3n) is 3.42. The van der Waals surface area contributed by atoms with Crippen molar-refractivity contribution in [1.29, 1.82) is 0 Å². The Morgan fingerprint density at radius 1 is 1.24 bits per heavy atom. The van der Waals surface area contributed by atoms with Gasteiger partial charge in [-0.1, -0.05) is 31.9 Å². The first-order valence-electron chi connectivity index (χ1n) is 7.29. The highest BCUT2D eigenvalue weighted by molar-refractivity contribution is 5.94. The molecule has 0 bridgehead atoms. The van der Waals surface area contributed by atoms with Crippen molar-refractivity contribution in [3.8, 4) is 0 Å². The molecule has 5 heteroatoms. The van der Waals surface area contributed by atoms with E-state index in [0.717, 1.165) is 12.8 Å². The SMILES string of the molecule is CCCC(CCNC(=O)c1ccccc1F)CCC(=O)O. The number of carboxylic acid groups (broad SMARTS) is 1. The summed E-state index contributed by atoms with van der Waals surface area (Å²) in [6, 6.07) is 5.85. The second-order valence-corrected chi connectivity index (χ2v) is 5.11.